The van der Waals surface area contributed by atoms with E-state index in [9.17, 15) is 22.8 Å². The van der Waals surface area contributed by atoms with Crippen LogP contribution >= 0.6 is 0 Å². The number of carbonyl (C=O) groups is 2. The van der Waals surface area contributed by atoms with E-state index >= 15 is 0 Å². The zero-order valence-electron chi connectivity index (χ0n) is 18.2. The molecule has 2 saturated heterocycles. The summed E-state index contributed by atoms with van der Waals surface area (Å²) in [5, 5.41) is 3.04. The maximum absolute atomic E-state index is 12.8. The minimum Gasteiger partial charge on any atom is -0.454 e. The molecule has 11 heteroatoms. The van der Waals surface area contributed by atoms with Gasteiger partial charge in [0.05, 0.1) is 11.5 Å². The molecule has 180 valence electrons. The first-order valence-corrected chi connectivity index (χ1v) is 11.1. The number of carbonyl (C=O) groups excluding carboxylic acids is 2. The standard InChI is InChI=1S/C23H23F3N4O4/c24-23(25,26)15-1-4-20(27-11-15)29-7-5-16(6-8-29)28-22(32)14-9-21(31)30(12-14)17-2-3-18-19(10-17)34-13-33-18/h1-4,10-11,14,16H,5-9,12-13H2,(H,28,32). The number of ether oxygens (including phenoxy) is 2. The molecule has 2 aromatic rings. The molecule has 0 bridgehead atoms. The van der Waals surface area contributed by atoms with Crippen LogP contribution in [0.15, 0.2) is 36.5 Å². The van der Waals surface area contributed by atoms with Gasteiger partial charge in [0, 0.05) is 50.0 Å². The van der Waals surface area contributed by atoms with E-state index in [1.165, 1.54) is 6.07 Å². The van der Waals surface area contributed by atoms with Crippen LogP contribution in [0.4, 0.5) is 24.7 Å². The zero-order valence-corrected chi connectivity index (χ0v) is 18.2. The molecule has 3 aliphatic heterocycles. The van der Waals surface area contributed by atoms with Crippen LogP contribution in [0.25, 0.3) is 0 Å². The normalized spacial score (nSPS) is 20.7. The van der Waals surface area contributed by atoms with Crippen LogP contribution in [0.3, 0.4) is 0 Å². The number of pyridine rings is 1. The highest BCUT2D eigenvalue weighted by Gasteiger charge is 2.37. The van der Waals surface area contributed by atoms with E-state index in [0.29, 0.717) is 55.5 Å². The number of hydrogen-bond donors (Lipinski definition) is 1. The van der Waals surface area contributed by atoms with Gasteiger partial charge in [0.15, 0.2) is 11.5 Å². The number of nitrogens with one attached hydrogen (secondary N) is 1. The van der Waals surface area contributed by atoms with Gasteiger partial charge in [-0.1, -0.05) is 0 Å². The van der Waals surface area contributed by atoms with Crippen LogP contribution < -0.4 is 24.6 Å². The molecule has 1 unspecified atom stereocenters. The van der Waals surface area contributed by atoms with Crippen molar-refractivity contribution in [2.45, 2.75) is 31.5 Å². The lowest BCUT2D eigenvalue weighted by atomic mass is 10.0. The van der Waals surface area contributed by atoms with E-state index in [0.717, 1.165) is 12.3 Å². The van der Waals surface area contributed by atoms with Gasteiger partial charge in [0.25, 0.3) is 0 Å². The lowest BCUT2D eigenvalue weighted by Crippen LogP contribution is -2.47. The minimum atomic E-state index is -4.41. The van der Waals surface area contributed by atoms with Gasteiger partial charge in [-0.15, -0.1) is 0 Å². The number of hydrogen-bond acceptors (Lipinski definition) is 6. The van der Waals surface area contributed by atoms with E-state index in [-0.39, 0.29) is 31.1 Å². The van der Waals surface area contributed by atoms with Crippen molar-refractivity contribution < 1.29 is 32.2 Å². The summed E-state index contributed by atoms with van der Waals surface area (Å²) < 4.78 is 48.9. The highest BCUT2D eigenvalue weighted by molar-refractivity contribution is 6.00. The average molecular weight is 476 g/mol. The maximum Gasteiger partial charge on any atom is 0.417 e. The number of alkyl halides is 3. The number of amides is 2. The Morgan fingerprint density at radius 1 is 1.09 bits per heavy atom. The summed E-state index contributed by atoms with van der Waals surface area (Å²) in [4.78, 5) is 32.8. The molecule has 1 atom stereocenters. The van der Waals surface area contributed by atoms with Gasteiger partial charge < -0.3 is 24.6 Å². The first-order chi connectivity index (χ1) is 16.3. The fraction of sp³-hybridized carbons (Fsp3) is 0.435. The fourth-order valence-corrected chi connectivity index (χ4v) is 4.50. The molecule has 34 heavy (non-hydrogen) atoms. The topological polar surface area (TPSA) is 84.0 Å². The molecule has 1 aromatic carbocycles. The van der Waals surface area contributed by atoms with Crippen LogP contribution in [-0.2, 0) is 15.8 Å². The lowest BCUT2D eigenvalue weighted by molar-refractivity contribution is -0.137. The summed E-state index contributed by atoms with van der Waals surface area (Å²) in [7, 11) is 0. The van der Waals surface area contributed by atoms with Crippen LogP contribution in [0.5, 0.6) is 11.5 Å². The fourth-order valence-electron chi connectivity index (χ4n) is 4.50. The molecule has 8 nitrogen and oxygen atoms in total. The second kappa shape index (κ2) is 8.69. The van der Waals surface area contributed by atoms with Crippen molar-refractivity contribution in [1.29, 1.82) is 0 Å². The number of piperidine rings is 1. The molecular weight excluding hydrogens is 453 g/mol. The summed E-state index contributed by atoms with van der Waals surface area (Å²) in [6.45, 7) is 1.57. The molecule has 5 rings (SSSR count). The quantitative estimate of drug-likeness (QED) is 0.731. The van der Waals surface area contributed by atoms with Crippen LogP contribution in [0, 0.1) is 5.92 Å². The molecule has 4 heterocycles. The first kappa shape index (κ1) is 22.3. The van der Waals surface area contributed by atoms with E-state index < -0.39 is 17.7 Å². The van der Waals surface area contributed by atoms with Crippen LogP contribution in [0.2, 0.25) is 0 Å². The Morgan fingerprint density at radius 3 is 2.56 bits per heavy atom. The van der Waals surface area contributed by atoms with Gasteiger partial charge in [0.2, 0.25) is 18.6 Å². The second-order valence-corrected chi connectivity index (χ2v) is 8.62. The first-order valence-electron chi connectivity index (χ1n) is 11.1. The summed E-state index contributed by atoms with van der Waals surface area (Å²) in [5.74, 6) is 0.950. The third-order valence-corrected chi connectivity index (χ3v) is 6.40. The molecular formula is C23H23F3N4O4. The van der Waals surface area contributed by atoms with E-state index in [1.807, 2.05) is 4.90 Å². The number of fused-ring (bicyclic) bond motifs is 1. The van der Waals surface area contributed by atoms with Crippen molar-refractivity contribution in [3.8, 4) is 11.5 Å². The summed E-state index contributed by atoms with van der Waals surface area (Å²) in [5.41, 5.74) is -0.110. The van der Waals surface area contributed by atoms with Crippen molar-refractivity contribution in [2.24, 2.45) is 5.92 Å². The van der Waals surface area contributed by atoms with E-state index in [2.05, 4.69) is 10.3 Å². The number of aromatic nitrogens is 1. The predicted octanol–water partition coefficient (Wildman–Crippen LogP) is 2.97. The SMILES string of the molecule is O=C(NC1CCN(c2ccc(C(F)(F)F)cn2)CC1)C1CC(=O)N(c2ccc3c(c2)OCO3)C1. The second-order valence-electron chi connectivity index (χ2n) is 8.62. The number of benzene rings is 1. The molecule has 2 fully saturated rings. The minimum absolute atomic E-state index is 0.0621. The van der Waals surface area contributed by atoms with Gasteiger partial charge >= 0.3 is 6.18 Å². The van der Waals surface area contributed by atoms with Crippen LogP contribution in [-0.4, -0.2) is 49.3 Å². The maximum atomic E-state index is 12.8. The Bertz CT molecular complexity index is 1080. The Kier molecular flexibility index (Phi) is 5.70. The average Bonchev–Trinajstić information content (AvgIpc) is 3.45. The van der Waals surface area contributed by atoms with Crippen molar-refractivity contribution >= 4 is 23.3 Å². The molecule has 1 aromatic heterocycles. The Morgan fingerprint density at radius 2 is 1.85 bits per heavy atom. The van der Waals surface area contributed by atoms with Gasteiger partial charge in [0.1, 0.15) is 5.82 Å². The molecule has 0 radical (unpaired) electrons. The number of nitrogens with zero attached hydrogens (tertiary/aromatic N) is 3. The Balaban J connectivity index is 1.13. The van der Waals surface area contributed by atoms with Gasteiger partial charge in [-0.3, -0.25) is 9.59 Å². The molecule has 1 N–H and O–H groups in total. The highest BCUT2D eigenvalue weighted by atomic mass is 19.4. The van der Waals surface area contributed by atoms with Crippen molar-refractivity contribution in [3.05, 3.63) is 42.1 Å². The van der Waals surface area contributed by atoms with E-state index in [4.69, 9.17) is 9.47 Å². The zero-order chi connectivity index (χ0) is 23.9. The van der Waals surface area contributed by atoms with Crippen molar-refractivity contribution in [2.75, 3.05) is 36.2 Å². The van der Waals surface area contributed by atoms with E-state index in [1.54, 1.807) is 23.1 Å². The molecule has 0 saturated carbocycles. The molecule has 0 spiro atoms. The largest absolute Gasteiger partial charge is 0.454 e. The van der Waals surface area contributed by atoms with Gasteiger partial charge in [-0.05, 0) is 37.1 Å². The third-order valence-electron chi connectivity index (χ3n) is 6.40. The predicted molar refractivity (Wildman–Crippen MR) is 116 cm³/mol. The summed E-state index contributed by atoms with van der Waals surface area (Å²) in [6.07, 6.45) is -2.16. The summed E-state index contributed by atoms with van der Waals surface area (Å²) in [6, 6.07) is 7.60. The Labute approximate surface area is 193 Å². The Hall–Kier alpha value is -3.50. The van der Waals surface area contributed by atoms with Gasteiger partial charge in [-0.25, -0.2) is 4.98 Å². The lowest BCUT2D eigenvalue weighted by Gasteiger charge is -2.33. The number of rotatable bonds is 4. The smallest absolute Gasteiger partial charge is 0.417 e. The van der Waals surface area contributed by atoms with Crippen molar-refractivity contribution in [1.82, 2.24) is 10.3 Å². The third kappa shape index (κ3) is 4.46. The molecule has 3 aliphatic rings. The van der Waals surface area contributed by atoms with Crippen LogP contribution in [0.1, 0.15) is 24.8 Å². The summed E-state index contributed by atoms with van der Waals surface area (Å²) >= 11 is 0. The molecule has 2 amide bonds. The van der Waals surface area contributed by atoms with Gasteiger partial charge in [-0.2, -0.15) is 13.2 Å². The highest BCUT2D eigenvalue weighted by Crippen LogP contribution is 2.37. The molecule has 0 aliphatic carbocycles. The van der Waals surface area contributed by atoms with Crippen molar-refractivity contribution in [3.63, 3.8) is 0 Å². The number of halogens is 3. The monoisotopic (exact) mass is 476 g/mol. The number of anilines is 2.